The molecule has 6 heteroatoms. The Morgan fingerprint density at radius 1 is 1.07 bits per heavy atom. The highest BCUT2D eigenvalue weighted by Crippen LogP contribution is 2.47. The second-order valence-electron chi connectivity index (χ2n) is 6.80. The minimum atomic E-state index is -0.387. The van der Waals surface area contributed by atoms with Gasteiger partial charge in [-0.3, -0.25) is 19.7 Å². The average molecular weight is 378 g/mol. The zero-order chi connectivity index (χ0) is 18.9. The van der Waals surface area contributed by atoms with Gasteiger partial charge in [-0.15, -0.1) is 0 Å². The third kappa shape index (κ3) is 3.80. The van der Waals surface area contributed by atoms with Crippen LogP contribution in [0.25, 0.3) is 6.08 Å². The molecule has 1 saturated heterocycles. The molecule has 1 aliphatic carbocycles. The number of benzene rings is 2. The molecule has 2 N–H and O–H groups in total. The van der Waals surface area contributed by atoms with E-state index in [1.807, 2.05) is 18.2 Å². The highest BCUT2D eigenvalue weighted by atomic mass is 32.2. The first-order valence-corrected chi connectivity index (χ1v) is 9.56. The normalized spacial score (nSPS) is 19.0. The molecule has 2 fully saturated rings. The second-order valence-corrected chi connectivity index (χ2v) is 7.82. The van der Waals surface area contributed by atoms with Gasteiger partial charge in [0.2, 0.25) is 0 Å². The first kappa shape index (κ1) is 17.5. The van der Waals surface area contributed by atoms with E-state index in [0.717, 1.165) is 30.2 Å². The Morgan fingerprint density at radius 2 is 1.78 bits per heavy atom. The highest BCUT2D eigenvalue weighted by Gasteiger charge is 2.44. The van der Waals surface area contributed by atoms with E-state index < -0.39 is 0 Å². The maximum Gasteiger partial charge on any atom is 0.290 e. The molecule has 2 aromatic carbocycles. The van der Waals surface area contributed by atoms with Gasteiger partial charge in [0.1, 0.15) is 0 Å². The summed E-state index contributed by atoms with van der Waals surface area (Å²) >= 11 is 0.877. The third-order valence-corrected chi connectivity index (χ3v) is 5.75. The van der Waals surface area contributed by atoms with E-state index >= 15 is 0 Å². The molecule has 2 aromatic rings. The van der Waals surface area contributed by atoms with Crippen LogP contribution in [0, 0.1) is 0 Å². The summed E-state index contributed by atoms with van der Waals surface area (Å²) in [6.45, 7) is 0.626. The number of imide groups is 1. The van der Waals surface area contributed by atoms with Crippen LogP contribution in [0.15, 0.2) is 59.5 Å². The number of amides is 3. The Labute approximate surface area is 161 Å². The monoisotopic (exact) mass is 378 g/mol. The molecule has 4 rings (SSSR count). The summed E-state index contributed by atoms with van der Waals surface area (Å²) in [6, 6.07) is 17.3. The molecular weight excluding hydrogens is 360 g/mol. The molecule has 0 aromatic heterocycles. The highest BCUT2D eigenvalue weighted by molar-refractivity contribution is 8.18. The van der Waals surface area contributed by atoms with Crippen LogP contribution in [-0.4, -0.2) is 23.6 Å². The van der Waals surface area contributed by atoms with Gasteiger partial charge in [0.15, 0.2) is 0 Å². The van der Waals surface area contributed by atoms with Gasteiger partial charge in [-0.2, -0.15) is 0 Å². The van der Waals surface area contributed by atoms with Gasteiger partial charge in [-0.1, -0.05) is 42.5 Å². The van der Waals surface area contributed by atoms with E-state index in [-0.39, 0.29) is 22.5 Å². The van der Waals surface area contributed by atoms with E-state index in [0.29, 0.717) is 17.0 Å². The molecule has 136 valence electrons. The molecule has 27 heavy (non-hydrogen) atoms. The lowest BCUT2D eigenvalue weighted by Gasteiger charge is -2.16. The Balaban J connectivity index is 1.39. The first-order chi connectivity index (χ1) is 13.1. The van der Waals surface area contributed by atoms with Crippen molar-refractivity contribution in [3.63, 3.8) is 0 Å². The number of carbonyl (C=O) groups excluding carboxylic acids is 3. The average Bonchev–Trinajstić information content (AvgIpc) is 3.41. The van der Waals surface area contributed by atoms with Crippen molar-refractivity contribution in [1.29, 1.82) is 0 Å². The van der Waals surface area contributed by atoms with E-state index in [4.69, 9.17) is 0 Å². The number of rotatable bonds is 5. The van der Waals surface area contributed by atoms with Crippen LogP contribution < -0.4 is 10.6 Å². The van der Waals surface area contributed by atoms with Crippen molar-refractivity contribution >= 4 is 34.9 Å². The molecule has 0 radical (unpaired) electrons. The summed E-state index contributed by atoms with van der Waals surface area (Å²) in [7, 11) is 0. The minimum Gasteiger partial charge on any atom is -0.351 e. The molecule has 1 heterocycles. The zero-order valence-corrected chi connectivity index (χ0v) is 15.3. The molecule has 3 amide bonds. The maximum absolute atomic E-state index is 12.5. The Morgan fingerprint density at radius 3 is 2.37 bits per heavy atom. The molecule has 0 bridgehead atoms. The maximum atomic E-state index is 12.5. The summed E-state index contributed by atoms with van der Waals surface area (Å²) < 4.78 is 0. The first-order valence-electron chi connectivity index (χ1n) is 8.74. The minimum absolute atomic E-state index is 0.0703. The molecule has 0 atom stereocenters. The standard InChI is InChI=1S/C21H18N2O3S/c24-18(22-13-21(10-11-21)16-4-2-1-3-5-16)15-8-6-14(7-9-15)12-17-19(25)23-20(26)27-17/h1-9,12H,10-11,13H2,(H,22,24)(H,23,25,26)/b17-12-. The number of hydrogen-bond donors (Lipinski definition) is 2. The number of thioether (sulfide) groups is 1. The van der Waals surface area contributed by atoms with Crippen molar-refractivity contribution in [3.05, 3.63) is 76.2 Å². The van der Waals surface area contributed by atoms with Crippen LogP contribution in [0.1, 0.15) is 34.3 Å². The molecular formula is C21H18N2O3S. The van der Waals surface area contributed by atoms with E-state index in [9.17, 15) is 14.4 Å². The van der Waals surface area contributed by atoms with Gasteiger partial charge in [0, 0.05) is 17.5 Å². The van der Waals surface area contributed by atoms with Crippen molar-refractivity contribution in [2.75, 3.05) is 6.54 Å². The largest absolute Gasteiger partial charge is 0.351 e. The van der Waals surface area contributed by atoms with Gasteiger partial charge in [0.25, 0.3) is 17.1 Å². The third-order valence-electron chi connectivity index (χ3n) is 4.94. The van der Waals surface area contributed by atoms with Crippen LogP contribution in [0.3, 0.4) is 0 Å². The molecule has 1 saturated carbocycles. The predicted molar refractivity (Wildman–Crippen MR) is 105 cm³/mol. The zero-order valence-electron chi connectivity index (χ0n) is 14.5. The van der Waals surface area contributed by atoms with Crippen molar-refractivity contribution in [2.24, 2.45) is 0 Å². The Bertz CT molecular complexity index is 932. The summed E-state index contributed by atoms with van der Waals surface area (Å²) in [5.74, 6) is -0.498. The number of carbonyl (C=O) groups is 3. The van der Waals surface area contributed by atoms with Gasteiger partial charge < -0.3 is 5.32 Å². The van der Waals surface area contributed by atoms with Crippen LogP contribution in [0.5, 0.6) is 0 Å². The van der Waals surface area contributed by atoms with Gasteiger partial charge in [-0.25, -0.2) is 0 Å². The predicted octanol–water partition coefficient (Wildman–Crippen LogP) is 3.47. The van der Waals surface area contributed by atoms with Gasteiger partial charge >= 0.3 is 0 Å². The molecule has 0 spiro atoms. The summed E-state index contributed by atoms with van der Waals surface area (Å²) in [4.78, 5) is 35.6. The van der Waals surface area contributed by atoms with Crippen LogP contribution in [0.2, 0.25) is 0 Å². The molecule has 1 aliphatic heterocycles. The fourth-order valence-electron chi connectivity index (χ4n) is 3.16. The molecule has 0 unspecified atom stereocenters. The fourth-order valence-corrected chi connectivity index (χ4v) is 3.85. The Hall–Kier alpha value is -2.86. The SMILES string of the molecule is O=C1NC(=O)/C(=C/c2ccc(C(=O)NCC3(c4ccccc4)CC3)cc2)S1. The summed E-state index contributed by atoms with van der Waals surface area (Å²) in [6.07, 6.45) is 3.81. The lowest BCUT2D eigenvalue weighted by molar-refractivity contribution is -0.115. The molecule has 5 nitrogen and oxygen atoms in total. The van der Waals surface area contributed by atoms with Crippen LogP contribution in [-0.2, 0) is 10.2 Å². The van der Waals surface area contributed by atoms with Crippen molar-refractivity contribution in [3.8, 4) is 0 Å². The van der Waals surface area contributed by atoms with Crippen LogP contribution in [0.4, 0.5) is 4.79 Å². The van der Waals surface area contributed by atoms with Crippen molar-refractivity contribution in [1.82, 2.24) is 10.6 Å². The summed E-state index contributed by atoms with van der Waals surface area (Å²) in [5.41, 5.74) is 2.68. The quantitative estimate of drug-likeness (QED) is 0.781. The van der Waals surface area contributed by atoms with Crippen LogP contribution >= 0.6 is 11.8 Å². The molecule has 2 aliphatic rings. The number of nitrogens with one attached hydrogen (secondary N) is 2. The Kier molecular flexibility index (Phi) is 4.58. The summed E-state index contributed by atoms with van der Waals surface area (Å²) in [5, 5.41) is 4.89. The second kappa shape index (κ2) is 7.04. The lowest BCUT2D eigenvalue weighted by atomic mass is 9.96. The van der Waals surface area contributed by atoms with E-state index in [1.165, 1.54) is 5.56 Å². The van der Waals surface area contributed by atoms with E-state index in [2.05, 4.69) is 22.8 Å². The lowest BCUT2D eigenvalue weighted by Crippen LogP contribution is -2.32. The van der Waals surface area contributed by atoms with E-state index in [1.54, 1.807) is 30.3 Å². The smallest absolute Gasteiger partial charge is 0.290 e. The van der Waals surface area contributed by atoms with Gasteiger partial charge in [-0.05, 0) is 53.9 Å². The van der Waals surface area contributed by atoms with Gasteiger partial charge in [0.05, 0.1) is 4.91 Å². The fraction of sp³-hybridized carbons (Fsp3) is 0.190. The number of hydrogen-bond acceptors (Lipinski definition) is 4. The topological polar surface area (TPSA) is 75.3 Å². The van der Waals surface area contributed by atoms with Crippen molar-refractivity contribution in [2.45, 2.75) is 18.3 Å². The van der Waals surface area contributed by atoms with Crippen molar-refractivity contribution < 1.29 is 14.4 Å².